The lowest BCUT2D eigenvalue weighted by Gasteiger charge is -2.06. The number of nitrogens with one attached hydrogen (secondary N) is 2. The van der Waals surface area contributed by atoms with Crippen molar-refractivity contribution in [3.8, 4) is 0 Å². The molecular formula is C22H20N4O5S2. The SMILES string of the molecule is CNS(=O)(=O)Cc1ccc(NC2=NC(=O)C(=Cc3cn(CC(=O)O)c4ccccc34)S2)cc1. The topological polar surface area (TPSA) is 130 Å². The lowest BCUT2D eigenvalue weighted by atomic mass is 10.1. The van der Waals surface area contributed by atoms with Crippen LogP contribution in [-0.4, -0.2) is 42.2 Å². The number of thioether (sulfide) groups is 1. The molecule has 0 spiro atoms. The Balaban J connectivity index is 1.51. The van der Waals surface area contributed by atoms with Gasteiger partial charge >= 0.3 is 5.97 Å². The van der Waals surface area contributed by atoms with Gasteiger partial charge in [0, 0.05) is 28.4 Å². The Labute approximate surface area is 194 Å². The Kier molecular flexibility index (Phi) is 6.36. The highest BCUT2D eigenvalue weighted by Gasteiger charge is 2.23. The second-order valence-corrected chi connectivity index (χ2v) is 10.2. The molecule has 0 aliphatic carbocycles. The summed E-state index contributed by atoms with van der Waals surface area (Å²) in [5.41, 5.74) is 2.79. The number of nitrogens with zero attached hydrogens (tertiary/aromatic N) is 2. The number of carbonyl (C=O) groups excluding carboxylic acids is 1. The van der Waals surface area contributed by atoms with Crippen LogP contribution in [0.2, 0.25) is 0 Å². The van der Waals surface area contributed by atoms with E-state index in [2.05, 4.69) is 15.0 Å². The molecule has 0 bridgehead atoms. The van der Waals surface area contributed by atoms with Crippen molar-refractivity contribution in [2.45, 2.75) is 12.3 Å². The number of hydrogen-bond donors (Lipinski definition) is 3. The van der Waals surface area contributed by atoms with Crippen LogP contribution in [-0.2, 0) is 31.9 Å². The van der Waals surface area contributed by atoms with Crippen molar-refractivity contribution in [1.29, 1.82) is 0 Å². The van der Waals surface area contributed by atoms with Gasteiger partial charge in [-0.25, -0.2) is 13.1 Å². The van der Waals surface area contributed by atoms with Crippen LogP contribution in [0.1, 0.15) is 11.1 Å². The summed E-state index contributed by atoms with van der Waals surface area (Å²) >= 11 is 1.18. The number of carboxylic acids is 1. The van der Waals surface area contributed by atoms with Crippen LogP contribution in [0, 0.1) is 0 Å². The third-order valence-corrected chi connectivity index (χ3v) is 7.14. The van der Waals surface area contributed by atoms with Gasteiger partial charge in [0.25, 0.3) is 5.91 Å². The third kappa shape index (κ3) is 5.33. The lowest BCUT2D eigenvalue weighted by Crippen LogP contribution is -2.20. The number of rotatable bonds is 7. The van der Waals surface area contributed by atoms with Gasteiger partial charge in [0.2, 0.25) is 10.0 Å². The lowest BCUT2D eigenvalue weighted by molar-refractivity contribution is -0.137. The first-order valence-corrected chi connectivity index (χ1v) is 12.3. The number of hydrogen-bond acceptors (Lipinski definition) is 6. The smallest absolute Gasteiger partial charge is 0.323 e. The first kappa shape index (κ1) is 22.8. The Morgan fingerprint density at radius 2 is 1.91 bits per heavy atom. The third-order valence-electron chi connectivity index (χ3n) is 4.91. The molecule has 2 heterocycles. The first-order valence-electron chi connectivity index (χ1n) is 9.83. The minimum Gasteiger partial charge on any atom is -0.480 e. The molecule has 1 amide bonds. The number of aliphatic carboxylic acids is 1. The maximum atomic E-state index is 12.5. The molecule has 33 heavy (non-hydrogen) atoms. The monoisotopic (exact) mass is 484 g/mol. The molecule has 1 aromatic heterocycles. The molecule has 0 saturated heterocycles. The fourth-order valence-corrected chi connectivity index (χ4v) is 4.97. The van der Waals surface area contributed by atoms with Crippen molar-refractivity contribution in [1.82, 2.24) is 9.29 Å². The minimum absolute atomic E-state index is 0.125. The summed E-state index contributed by atoms with van der Waals surface area (Å²) in [6.45, 7) is -0.181. The summed E-state index contributed by atoms with van der Waals surface area (Å²) < 4.78 is 27.2. The number of carboxylic acid groups (broad SMARTS) is 1. The Morgan fingerprint density at radius 3 is 2.61 bits per heavy atom. The quantitative estimate of drug-likeness (QED) is 0.440. The second-order valence-electron chi connectivity index (χ2n) is 7.24. The van der Waals surface area contributed by atoms with Crippen molar-refractivity contribution in [3.05, 3.63) is 70.8 Å². The van der Waals surface area contributed by atoms with Gasteiger partial charge in [-0.15, -0.1) is 0 Å². The number of amides is 1. The van der Waals surface area contributed by atoms with E-state index in [-0.39, 0.29) is 12.3 Å². The molecule has 1 aliphatic rings. The van der Waals surface area contributed by atoms with Gasteiger partial charge in [0.1, 0.15) is 6.54 Å². The van der Waals surface area contributed by atoms with Crippen LogP contribution in [0.15, 0.2) is 64.6 Å². The van der Waals surface area contributed by atoms with Crippen molar-refractivity contribution in [3.63, 3.8) is 0 Å². The van der Waals surface area contributed by atoms with Crippen LogP contribution in [0.3, 0.4) is 0 Å². The molecule has 4 rings (SSSR count). The van der Waals surface area contributed by atoms with E-state index in [1.807, 2.05) is 24.3 Å². The molecular weight excluding hydrogens is 464 g/mol. The van der Waals surface area contributed by atoms with Crippen LogP contribution >= 0.6 is 11.8 Å². The number of amidine groups is 1. The van der Waals surface area contributed by atoms with Gasteiger partial charge in [-0.1, -0.05) is 30.3 Å². The standard InChI is InChI=1S/C22H20N4O5S2/c1-23-33(30,31)13-14-6-8-16(9-7-14)24-22-25-21(29)19(32-22)10-15-11-26(12-20(27)28)18-5-3-2-4-17(15)18/h2-11,23H,12-13H2,1H3,(H,27,28)(H,24,25,29). The van der Waals surface area contributed by atoms with Gasteiger partial charge in [0.05, 0.1) is 10.7 Å². The fraction of sp³-hybridized carbons (Fsp3) is 0.136. The number of benzene rings is 2. The zero-order valence-corrected chi connectivity index (χ0v) is 19.1. The summed E-state index contributed by atoms with van der Waals surface area (Å²) in [4.78, 5) is 28.1. The van der Waals surface area contributed by atoms with Gasteiger partial charge in [-0.3, -0.25) is 9.59 Å². The summed E-state index contributed by atoms with van der Waals surface area (Å²) in [5, 5.41) is 13.5. The van der Waals surface area contributed by atoms with E-state index in [4.69, 9.17) is 5.11 Å². The van der Waals surface area contributed by atoms with Gasteiger partial charge in [0.15, 0.2) is 5.17 Å². The van der Waals surface area contributed by atoms with E-state index in [1.165, 1.54) is 18.8 Å². The summed E-state index contributed by atoms with van der Waals surface area (Å²) in [6, 6.07) is 14.2. The van der Waals surface area contributed by atoms with E-state index in [0.29, 0.717) is 21.3 Å². The normalized spacial score (nSPS) is 15.2. The molecule has 0 unspecified atom stereocenters. The Morgan fingerprint density at radius 1 is 1.18 bits per heavy atom. The largest absolute Gasteiger partial charge is 0.480 e. The average molecular weight is 485 g/mol. The maximum Gasteiger partial charge on any atom is 0.323 e. The highest BCUT2D eigenvalue weighted by atomic mass is 32.2. The molecule has 1 aliphatic heterocycles. The molecule has 170 valence electrons. The number of aromatic nitrogens is 1. The molecule has 9 nitrogen and oxygen atoms in total. The number of carbonyl (C=O) groups is 2. The number of anilines is 1. The number of sulfonamides is 1. The molecule has 3 N–H and O–H groups in total. The van der Waals surface area contributed by atoms with E-state index in [9.17, 15) is 18.0 Å². The molecule has 0 fully saturated rings. The van der Waals surface area contributed by atoms with Crippen molar-refractivity contribution >= 4 is 61.5 Å². The van der Waals surface area contributed by atoms with Crippen molar-refractivity contribution in [2.75, 3.05) is 12.4 Å². The predicted molar refractivity (Wildman–Crippen MR) is 129 cm³/mol. The molecule has 11 heteroatoms. The molecule has 0 radical (unpaired) electrons. The second kappa shape index (κ2) is 9.22. The highest BCUT2D eigenvalue weighted by Crippen LogP contribution is 2.32. The number of aliphatic imine (C=N–C) groups is 1. The zero-order chi connectivity index (χ0) is 23.6. The van der Waals surface area contributed by atoms with Crippen LogP contribution in [0.4, 0.5) is 5.69 Å². The Bertz CT molecular complexity index is 1410. The van der Waals surface area contributed by atoms with Gasteiger partial charge in [-0.05, 0) is 48.6 Å². The Hall–Kier alpha value is -3.41. The summed E-state index contributed by atoms with van der Waals surface area (Å²) in [7, 11) is -1.99. The van der Waals surface area contributed by atoms with E-state index in [1.54, 1.807) is 41.1 Å². The maximum absolute atomic E-state index is 12.5. The molecule has 0 saturated carbocycles. The van der Waals surface area contributed by atoms with Gasteiger partial charge in [-0.2, -0.15) is 4.99 Å². The van der Waals surface area contributed by atoms with E-state index < -0.39 is 21.9 Å². The first-order chi connectivity index (χ1) is 15.7. The number of para-hydroxylation sites is 1. The highest BCUT2D eigenvalue weighted by molar-refractivity contribution is 8.18. The molecule has 3 aromatic rings. The van der Waals surface area contributed by atoms with Crippen molar-refractivity contribution in [2.24, 2.45) is 4.99 Å². The van der Waals surface area contributed by atoms with Crippen LogP contribution in [0.5, 0.6) is 0 Å². The zero-order valence-electron chi connectivity index (χ0n) is 17.5. The molecule has 0 atom stereocenters. The summed E-state index contributed by atoms with van der Waals surface area (Å²) in [5.74, 6) is -1.47. The van der Waals surface area contributed by atoms with Gasteiger partial charge < -0.3 is 15.0 Å². The van der Waals surface area contributed by atoms with Crippen molar-refractivity contribution < 1.29 is 23.1 Å². The van der Waals surface area contributed by atoms with E-state index >= 15 is 0 Å². The van der Waals surface area contributed by atoms with E-state index in [0.717, 1.165) is 16.5 Å². The van der Waals surface area contributed by atoms with Crippen LogP contribution in [0.25, 0.3) is 17.0 Å². The summed E-state index contributed by atoms with van der Waals surface area (Å²) in [6.07, 6.45) is 3.42. The average Bonchev–Trinajstić information content (AvgIpc) is 3.29. The molecule has 2 aromatic carbocycles. The number of fused-ring (bicyclic) bond motifs is 1. The van der Waals surface area contributed by atoms with Crippen LogP contribution < -0.4 is 10.0 Å². The fourth-order valence-electron chi connectivity index (χ4n) is 3.37. The predicted octanol–water partition coefficient (Wildman–Crippen LogP) is 2.86. The minimum atomic E-state index is -3.36.